The molecule has 0 aromatic rings. The molecule has 1 N–H and O–H groups in total. The summed E-state index contributed by atoms with van der Waals surface area (Å²) >= 11 is 0. The minimum atomic E-state index is 0.365. The van der Waals surface area contributed by atoms with Gasteiger partial charge in [0, 0.05) is 26.2 Å². The van der Waals surface area contributed by atoms with Gasteiger partial charge in [0.05, 0.1) is 6.10 Å². The number of nitrogens with zero attached hydrogens (tertiary/aromatic N) is 1. The molecular weight excluding hydrogens is 212 g/mol. The highest BCUT2D eigenvalue weighted by atomic mass is 16.5. The van der Waals surface area contributed by atoms with E-state index in [1.165, 1.54) is 32.5 Å². The first-order valence-corrected chi connectivity index (χ1v) is 7.27. The smallest absolute Gasteiger partial charge is 0.0518 e. The van der Waals surface area contributed by atoms with Crippen molar-refractivity contribution >= 4 is 0 Å². The topological polar surface area (TPSA) is 24.5 Å². The number of rotatable bonds is 11. The van der Waals surface area contributed by atoms with Gasteiger partial charge in [0.25, 0.3) is 0 Å². The minimum Gasteiger partial charge on any atom is -0.379 e. The van der Waals surface area contributed by atoms with E-state index in [4.69, 9.17) is 4.74 Å². The second-order valence-electron chi connectivity index (χ2n) is 5.36. The van der Waals surface area contributed by atoms with Gasteiger partial charge < -0.3 is 15.0 Å². The van der Waals surface area contributed by atoms with Gasteiger partial charge in [0.15, 0.2) is 0 Å². The Bertz CT molecular complexity index is 181. The Labute approximate surface area is 107 Å². The molecule has 0 radical (unpaired) electrons. The molecule has 1 aliphatic carbocycles. The van der Waals surface area contributed by atoms with Crippen LogP contribution in [0.15, 0.2) is 0 Å². The molecule has 0 aliphatic heterocycles. The molecule has 3 nitrogen and oxygen atoms in total. The molecular formula is C14H30N2O. The summed E-state index contributed by atoms with van der Waals surface area (Å²) < 4.78 is 5.50. The molecule has 1 saturated carbocycles. The Balaban J connectivity index is 1.84. The number of nitrogens with one attached hydrogen (secondary N) is 1. The van der Waals surface area contributed by atoms with E-state index in [9.17, 15) is 0 Å². The van der Waals surface area contributed by atoms with E-state index in [0.29, 0.717) is 6.10 Å². The quantitative estimate of drug-likeness (QED) is 0.562. The monoisotopic (exact) mass is 242 g/mol. The molecule has 0 aromatic carbocycles. The van der Waals surface area contributed by atoms with Crippen LogP contribution in [0.1, 0.15) is 40.0 Å². The van der Waals surface area contributed by atoms with Gasteiger partial charge in [0.1, 0.15) is 0 Å². The molecule has 102 valence electrons. The zero-order valence-corrected chi connectivity index (χ0v) is 11.9. The molecule has 0 saturated heterocycles. The van der Waals surface area contributed by atoms with E-state index in [1.807, 2.05) is 0 Å². The highest BCUT2D eigenvalue weighted by Gasteiger charge is 2.23. The number of ether oxygens (including phenoxy) is 1. The predicted molar refractivity (Wildman–Crippen MR) is 73.4 cm³/mol. The van der Waals surface area contributed by atoms with Crippen molar-refractivity contribution in [1.29, 1.82) is 0 Å². The molecule has 0 heterocycles. The van der Waals surface area contributed by atoms with Gasteiger partial charge in [-0.2, -0.15) is 0 Å². The summed E-state index contributed by atoms with van der Waals surface area (Å²) in [6.07, 6.45) is 4.39. The van der Waals surface area contributed by atoms with Crippen LogP contribution in [0.4, 0.5) is 0 Å². The molecule has 3 heteroatoms. The van der Waals surface area contributed by atoms with Gasteiger partial charge >= 0.3 is 0 Å². The normalized spacial score (nSPS) is 16.1. The van der Waals surface area contributed by atoms with Crippen molar-refractivity contribution in [2.75, 3.05) is 39.3 Å². The van der Waals surface area contributed by atoms with Crippen molar-refractivity contribution in [3.63, 3.8) is 0 Å². The zero-order chi connectivity index (χ0) is 12.5. The van der Waals surface area contributed by atoms with Gasteiger partial charge in [-0.25, -0.2) is 0 Å². The molecule has 0 unspecified atom stereocenters. The average Bonchev–Trinajstić information content (AvgIpc) is 3.09. The fourth-order valence-corrected chi connectivity index (χ4v) is 1.92. The Kier molecular flexibility index (Phi) is 7.82. The largest absolute Gasteiger partial charge is 0.379 e. The Hall–Kier alpha value is -0.120. The predicted octanol–water partition coefficient (Wildman–Crippen LogP) is 2.12. The maximum atomic E-state index is 5.50. The summed E-state index contributed by atoms with van der Waals surface area (Å²) in [5.74, 6) is 1.01. The van der Waals surface area contributed by atoms with E-state index >= 15 is 0 Å². The lowest BCUT2D eigenvalue weighted by Crippen LogP contribution is -2.34. The van der Waals surface area contributed by atoms with Crippen molar-refractivity contribution in [3.8, 4) is 0 Å². The average molecular weight is 242 g/mol. The van der Waals surface area contributed by atoms with Crippen LogP contribution in [0, 0.1) is 5.92 Å². The molecule has 0 spiro atoms. The van der Waals surface area contributed by atoms with E-state index in [0.717, 1.165) is 32.0 Å². The van der Waals surface area contributed by atoms with Gasteiger partial charge in [-0.15, -0.1) is 0 Å². The first-order chi connectivity index (χ1) is 8.22. The molecule has 17 heavy (non-hydrogen) atoms. The van der Waals surface area contributed by atoms with Crippen LogP contribution in [0.3, 0.4) is 0 Å². The lowest BCUT2D eigenvalue weighted by Gasteiger charge is -2.20. The fourth-order valence-electron chi connectivity index (χ4n) is 1.92. The van der Waals surface area contributed by atoms with E-state index in [1.54, 1.807) is 0 Å². The molecule has 1 fully saturated rings. The second-order valence-corrected chi connectivity index (χ2v) is 5.36. The van der Waals surface area contributed by atoms with Gasteiger partial charge in [0.2, 0.25) is 0 Å². The molecule has 1 rings (SSSR count). The first kappa shape index (κ1) is 14.9. The number of hydrogen-bond donors (Lipinski definition) is 1. The van der Waals surface area contributed by atoms with Crippen LogP contribution < -0.4 is 5.32 Å². The SMILES string of the molecule is CCN(CCNCCCOC(C)C)CC1CC1. The van der Waals surface area contributed by atoms with Crippen molar-refractivity contribution in [2.45, 2.75) is 46.1 Å². The van der Waals surface area contributed by atoms with Crippen LogP contribution in [0.5, 0.6) is 0 Å². The van der Waals surface area contributed by atoms with Crippen LogP contribution in [0.25, 0.3) is 0 Å². The number of hydrogen-bond acceptors (Lipinski definition) is 3. The van der Waals surface area contributed by atoms with Crippen molar-refractivity contribution in [2.24, 2.45) is 5.92 Å². The van der Waals surface area contributed by atoms with Crippen LogP contribution in [-0.2, 0) is 4.74 Å². The molecule has 0 atom stereocenters. The van der Waals surface area contributed by atoms with E-state index in [-0.39, 0.29) is 0 Å². The van der Waals surface area contributed by atoms with Crippen molar-refractivity contribution in [3.05, 3.63) is 0 Å². The van der Waals surface area contributed by atoms with Gasteiger partial charge in [-0.1, -0.05) is 6.92 Å². The maximum absolute atomic E-state index is 5.50. The highest BCUT2D eigenvalue weighted by molar-refractivity contribution is 4.77. The van der Waals surface area contributed by atoms with E-state index in [2.05, 4.69) is 31.0 Å². The third-order valence-electron chi connectivity index (χ3n) is 3.21. The Morgan fingerprint density at radius 2 is 2.06 bits per heavy atom. The number of likely N-dealkylation sites (N-methyl/N-ethyl adjacent to an activating group) is 1. The summed E-state index contributed by atoms with van der Waals surface area (Å²) in [4.78, 5) is 2.56. The highest BCUT2D eigenvalue weighted by Crippen LogP contribution is 2.29. The van der Waals surface area contributed by atoms with Crippen LogP contribution in [-0.4, -0.2) is 50.3 Å². The van der Waals surface area contributed by atoms with Crippen molar-refractivity contribution < 1.29 is 4.74 Å². The summed E-state index contributed by atoms with van der Waals surface area (Å²) in [5, 5.41) is 3.50. The summed E-state index contributed by atoms with van der Waals surface area (Å²) in [6, 6.07) is 0. The lowest BCUT2D eigenvalue weighted by molar-refractivity contribution is 0.0770. The van der Waals surface area contributed by atoms with Crippen LogP contribution >= 0.6 is 0 Å². The maximum Gasteiger partial charge on any atom is 0.0518 e. The third-order valence-corrected chi connectivity index (χ3v) is 3.21. The molecule has 0 aromatic heterocycles. The van der Waals surface area contributed by atoms with Gasteiger partial charge in [-0.05, 0) is 52.1 Å². The summed E-state index contributed by atoms with van der Waals surface area (Å²) in [7, 11) is 0. The van der Waals surface area contributed by atoms with Crippen LogP contribution in [0.2, 0.25) is 0 Å². The summed E-state index contributed by atoms with van der Waals surface area (Å²) in [5.41, 5.74) is 0. The Morgan fingerprint density at radius 1 is 1.29 bits per heavy atom. The van der Waals surface area contributed by atoms with Crippen molar-refractivity contribution in [1.82, 2.24) is 10.2 Å². The summed E-state index contributed by atoms with van der Waals surface area (Å²) in [6.45, 7) is 13.2. The first-order valence-electron chi connectivity index (χ1n) is 7.27. The van der Waals surface area contributed by atoms with Gasteiger partial charge in [-0.3, -0.25) is 0 Å². The molecule has 0 amide bonds. The molecule has 1 aliphatic rings. The standard InChI is InChI=1S/C14H30N2O/c1-4-16(12-14-6-7-14)10-9-15-8-5-11-17-13(2)3/h13-15H,4-12H2,1-3H3. The lowest BCUT2D eigenvalue weighted by atomic mass is 10.3. The Morgan fingerprint density at radius 3 is 2.65 bits per heavy atom. The zero-order valence-electron chi connectivity index (χ0n) is 11.9. The molecule has 0 bridgehead atoms. The van der Waals surface area contributed by atoms with E-state index < -0.39 is 0 Å². The minimum absolute atomic E-state index is 0.365. The third kappa shape index (κ3) is 8.58. The second kappa shape index (κ2) is 8.90. The fraction of sp³-hybridized carbons (Fsp3) is 1.00.